The molecule has 2 rings (SSSR count). The molecule has 1 aliphatic heterocycles. The minimum Gasteiger partial charge on any atom is -0.399 e. The highest BCUT2D eigenvalue weighted by Gasteiger charge is 2.51. The van der Waals surface area contributed by atoms with Crippen LogP contribution in [0.3, 0.4) is 0 Å². The SMILES string of the molecule is CN(C)c1cc(B2OC(C)(C)C(C)(C)O2)ccn1.Cl. The average molecular weight is 285 g/mol. The molecule has 2 heterocycles. The molecule has 1 aromatic heterocycles. The van der Waals surface area contributed by atoms with Crippen LogP contribution in [0.25, 0.3) is 0 Å². The summed E-state index contributed by atoms with van der Waals surface area (Å²) in [5.74, 6) is 0.905. The van der Waals surface area contributed by atoms with Crippen LogP contribution in [-0.4, -0.2) is 37.4 Å². The molecule has 1 aromatic rings. The Morgan fingerprint density at radius 2 is 1.63 bits per heavy atom. The fourth-order valence-electron chi connectivity index (χ4n) is 1.80. The Morgan fingerprint density at radius 3 is 2.11 bits per heavy atom. The zero-order valence-corrected chi connectivity index (χ0v) is 13.2. The zero-order valence-electron chi connectivity index (χ0n) is 12.4. The van der Waals surface area contributed by atoms with Crippen LogP contribution >= 0.6 is 12.4 Å². The van der Waals surface area contributed by atoms with Crippen molar-refractivity contribution in [1.82, 2.24) is 4.98 Å². The Hall–Kier alpha value is -0.775. The molecule has 6 heteroatoms. The van der Waals surface area contributed by atoms with Gasteiger partial charge >= 0.3 is 7.12 Å². The van der Waals surface area contributed by atoms with E-state index in [1.807, 2.05) is 31.1 Å². The molecule has 4 nitrogen and oxygen atoms in total. The van der Waals surface area contributed by atoms with Gasteiger partial charge in [-0.15, -0.1) is 12.4 Å². The molecule has 0 saturated carbocycles. The van der Waals surface area contributed by atoms with Crippen molar-refractivity contribution in [3.8, 4) is 0 Å². The van der Waals surface area contributed by atoms with E-state index in [4.69, 9.17) is 9.31 Å². The van der Waals surface area contributed by atoms with Gasteiger partial charge in [0.15, 0.2) is 0 Å². The smallest absolute Gasteiger partial charge is 0.399 e. The molecule has 1 aliphatic rings. The maximum Gasteiger partial charge on any atom is 0.495 e. The van der Waals surface area contributed by atoms with Crippen LogP contribution < -0.4 is 10.4 Å². The number of halogens is 1. The summed E-state index contributed by atoms with van der Waals surface area (Å²) >= 11 is 0. The maximum atomic E-state index is 6.02. The van der Waals surface area contributed by atoms with Crippen molar-refractivity contribution in [3.05, 3.63) is 18.3 Å². The topological polar surface area (TPSA) is 34.6 Å². The highest BCUT2D eigenvalue weighted by molar-refractivity contribution is 6.62. The van der Waals surface area contributed by atoms with Crippen LogP contribution in [0.5, 0.6) is 0 Å². The van der Waals surface area contributed by atoms with Crippen molar-refractivity contribution >= 4 is 30.8 Å². The molecule has 0 aromatic carbocycles. The zero-order chi connectivity index (χ0) is 13.6. The van der Waals surface area contributed by atoms with Gasteiger partial charge < -0.3 is 14.2 Å². The Labute approximate surface area is 122 Å². The highest BCUT2D eigenvalue weighted by Crippen LogP contribution is 2.36. The summed E-state index contributed by atoms with van der Waals surface area (Å²) in [5.41, 5.74) is 0.394. The second kappa shape index (κ2) is 5.31. The van der Waals surface area contributed by atoms with Gasteiger partial charge in [-0.05, 0) is 45.3 Å². The number of aromatic nitrogens is 1. The molecule has 0 bridgehead atoms. The van der Waals surface area contributed by atoms with Gasteiger partial charge in [0.1, 0.15) is 5.82 Å². The minimum atomic E-state index is -0.323. The summed E-state index contributed by atoms with van der Waals surface area (Å²) in [6, 6.07) is 3.94. The first kappa shape index (κ1) is 16.3. The van der Waals surface area contributed by atoms with E-state index in [0.29, 0.717) is 0 Å². The van der Waals surface area contributed by atoms with Gasteiger partial charge in [-0.25, -0.2) is 4.98 Å². The Kier molecular flexibility index (Phi) is 4.55. The van der Waals surface area contributed by atoms with Crippen LogP contribution in [0.1, 0.15) is 27.7 Å². The molecular formula is C13H22BClN2O2. The second-order valence-electron chi connectivity index (χ2n) is 5.93. The largest absolute Gasteiger partial charge is 0.495 e. The molecule has 0 radical (unpaired) electrons. The summed E-state index contributed by atoms with van der Waals surface area (Å²) in [4.78, 5) is 6.26. The third-order valence-electron chi connectivity index (χ3n) is 3.75. The van der Waals surface area contributed by atoms with Crippen LogP contribution in [-0.2, 0) is 9.31 Å². The number of nitrogens with zero attached hydrogens (tertiary/aromatic N) is 2. The van der Waals surface area contributed by atoms with E-state index in [1.54, 1.807) is 6.20 Å². The Balaban J connectivity index is 0.00000180. The van der Waals surface area contributed by atoms with Crippen molar-refractivity contribution in [2.75, 3.05) is 19.0 Å². The first-order valence-corrected chi connectivity index (χ1v) is 6.22. The molecule has 0 atom stereocenters. The van der Waals surface area contributed by atoms with Crippen molar-refractivity contribution < 1.29 is 9.31 Å². The number of pyridine rings is 1. The first-order valence-electron chi connectivity index (χ1n) is 6.22. The lowest BCUT2D eigenvalue weighted by Gasteiger charge is -2.32. The van der Waals surface area contributed by atoms with E-state index in [9.17, 15) is 0 Å². The van der Waals surface area contributed by atoms with Crippen molar-refractivity contribution in [3.63, 3.8) is 0 Å². The molecular weight excluding hydrogens is 262 g/mol. The van der Waals surface area contributed by atoms with E-state index < -0.39 is 0 Å². The van der Waals surface area contributed by atoms with Crippen LogP contribution in [0, 0.1) is 0 Å². The fraction of sp³-hybridized carbons (Fsp3) is 0.615. The lowest BCUT2D eigenvalue weighted by molar-refractivity contribution is 0.00578. The molecule has 0 N–H and O–H groups in total. The van der Waals surface area contributed by atoms with E-state index in [2.05, 4.69) is 32.7 Å². The molecule has 0 amide bonds. The van der Waals surface area contributed by atoms with Crippen molar-refractivity contribution in [1.29, 1.82) is 0 Å². The van der Waals surface area contributed by atoms with Crippen LogP contribution in [0.4, 0.5) is 5.82 Å². The van der Waals surface area contributed by atoms with E-state index in [1.165, 1.54) is 0 Å². The highest BCUT2D eigenvalue weighted by atomic mass is 35.5. The minimum absolute atomic E-state index is 0. The summed E-state index contributed by atoms with van der Waals surface area (Å²) in [6.45, 7) is 8.23. The van der Waals surface area contributed by atoms with Gasteiger partial charge in [0.05, 0.1) is 11.2 Å². The predicted molar refractivity (Wildman–Crippen MR) is 81.5 cm³/mol. The third-order valence-corrected chi connectivity index (χ3v) is 3.75. The number of rotatable bonds is 2. The third kappa shape index (κ3) is 3.04. The van der Waals surface area contributed by atoms with E-state index >= 15 is 0 Å². The predicted octanol–water partition coefficient (Wildman–Crippen LogP) is 1.87. The first-order chi connectivity index (χ1) is 8.23. The van der Waals surface area contributed by atoms with Crippen molar-refractivity contribution in [2.45, 2.75) is 38.9 Å². The monoisotopic (exact) mass is 284 g/mol. The molecule has 1 fully saturated rings. The van der Waals surface area contributed by atoms with Crippen LogP contribution in [0.2, 0.25) is 0 Å². The Morgan fingerprint density at radius 1 is 1.11 bits per heavy atom. The van der Waals surface area contributed by atoms with E-state index in [0.717, 1.165) is 11.3 Å². The molecule has 106 valence electrons. The van der Waals surface area contributed by atoms with Gasteiger partial charge in [0, 0.05) is 20.3 Å². The van der Waals surface area contributed by atoms with Gasteiger partial charge in [0.25, 0.3) is 0 Å². The number of hydrogen-bond donors (Lipinski definition) is 0. The average Bonchev–Trinajstić information content (AvgIpc) is 2.48. The van der Waals surface area contributed by atoms with E-state index in [-0.39, 0.29) is 30.7 Å². The molecule has 1 saturated heterocycles. The van der Waals surface area contributed by atoms with Gasteiger partial charge in [-0.1, -0.05) is 0 Å². The lowest BCUT2D eigenvalue weighted by Crippen LogP contribution is -2.41. The molecule has 0 aliphatic carbocycles. The summed E-state index contributed by atoms with van der Waals surface area (Å²) in [7, 11) is 3.61. The summed E-state index contributed by atoms with van der Waals surface area (Å²) in [6.07, 6.45) is 1.79. The standard InChI is InChI=1S/C13H21BN2O2.ClH/c1-12(2)13(3,4)18-14(17-12)10-7-8-15-11(9-10)16(5)6;/h7-9H,1-6H3;1H. The summed E-state index contributed by atoms with van der Waals surface area (Å²) < 4.78 is 12.0. The molecule has 19 heavy (non-hydrogen) atoms. The lowest BCUT2D eigenvalue weighted by atomic mass is 9.80. The maximum absolute atomic E-state index is 6.02. The normalized spacial score (nSPS) is 20.0. The Bertz CT molecular complexity index is 436. The molecule has 0 unspecified atom stereocenters. The summed E-state index contributed by atoms with van der Waals surface area (Å²) in [5, 5.41) is 0. The fourth-order valence-corrected chi connectivity index (χ4v) is 1.80. The van der Waals surface area contributed by atoms with Gasteiger partial charge in [-0.2, -0.15) is 0 Å². The number of hydrogen-bond acceptors (Lipinski definition) is 4. The molecule has 0 spiro atoms. The van der Waals surface area contributed by atoms with Gasteiger partial charge in [-0.3, -0.25) is 0 Å². The quantitative estimate of drug-likeness (QED) is 0.777. The number of anilines is 1. The van der Waals surface area contributed by atoms with Crippen molar-refractivity contribution in [2.24, 2.45) is 0 Å². The van der Waals surface area contributed by atoms with Crippen LogP contribution in [0.15, 0.2) is 18.3 Å². The second-order valence-corrected chi connectivity index (χ2v) is 5.93. The van der Waals surface area contributed by atoms with Gasteiger partial charge in [0.2, 0.25) is 0 Å².